The summed E-state index contributed by atoms with van der Waals surface area (Å²) in [5.74, 6) is -1.21. The fraction of sp³-hybridized carbons (Fsp3) is 0.538. The minimum atomic E-state index is -1.10. The molecule has 1 aromatic heterocycles. The first-order valence-corrected chi connectivity index (χ1v) is 6.29. The molecule has 1 aromatic rings. The molecule has 6 heteroatoms. The molecule has 0 atom stereocenters. The number of nitrogens with one attached hydrogen (secondary N) is 1. The maximum atomic E-state index is 11.6. The second kappa shape index (κ2) is 8.31. The Morgan fingerprint density at radius 1 is 1.42 bits per heavy atom. The van der Waals surface area contributed by atoms with E-state index < -0.39 is 5.97 Å². The van der Waals surface area contributed by atoms with E-state index in [1.807, 2.05) is 0 Å². The standard InChI is InChI=1S/C13H19NO5/c1-2-3-6-18-8-5-14-12(15)9-11-10(13(16)17)4-7-19-11/h4,7H,2-3,5-6,8-9H2,1H3,(H,14,15)(H,16,17). The summed E-state index contributed by atoms with van der Waals surface area (Å²) in [5.41, 5.74) is 0.0225. The zero-order valence-corrected chi connectivity index (χ0v) is 11.0. The molecule has 0 radical (unpaired) electrons. The van der Waals surface area contributed by atoms with Crippen LogP contribution in [0.1, 0.15) is 35.9 Å². The minimum absolute atomic E-state index is 0.0225. The maximum absolute atomic E-state index is 11.6. The quantitative estimate of drug-likeness (QED) is 0.662. The van der Waals surface area contributed by atoms with Crippen LogP contribution < -0.4 is 5.32 Å². The van der Waals surface area contributed by atoms with E-state index >= 15 is 0 Å². The van der Waals surface area contributed by atoms with Crippen LogP contribution in [-0.4, -0.2) is 36.7 Å². The molecule has 1 heterocycles. The van der Waals surface area contributed by atoms with Gasteiger partial charge in [-0.25, -0.2) is 4.79 Å². The Morgan fingerprint density at radius 2 is 2.21 bits per heavy atom. The number of aromatic carboxylic acids is 1. The van der Waals surface area contributed by atoms with Crippen LogP contribution in [0.4, 0.5) is 0 Å². The monoisotopic (exact) mass is 269 g/mol. The molecule has 0 aliphatic carbocycles. The third-order valence-electron chi connectivity index (χ3n) is 2.51. The van der Waals surface area contributed by atoms with Gasteiger partial charge in [-0.15, -0.1) is 0 Å². The average molecular weight is 269 g/mol. The van der Waals surface area contributed by atoms with Gasteiger partial charge in [0, 0.05) is 13.2 Å². The predicted molar refractivity (Wildman–Crippen MR) is 68.1 cm³/mol. The molecule has 0 aliphatic rings. The van der Waals surface area contributed by atoms with E-state index in [0.717, 1.165) is 12.8 Å². The number of ether oxygens (including phenoxy) is 1. The first-order chi connectivity index (χ1) is 9.15. The Morgan fingerprint density at radius 3 is 2.89 bits per heavy atom. The Kier molecular flexibility index (Phi) is 6.67. The summed E-state index contributed by atoms with van der Waals surface area (Å²) in [5, 5.41) is 11.5. The van der Waals surface area contributed by atoms with Gasteiger partial charge in [-0.1, -0.05) is 13.3 Å². The van der Waals surface area contributed by atoms with Crippen molar-refractivity contribution in [2.24, 2.45) is 0 Å². The lowest BCUT2D eigenvalue weighted by molar-refractivity contribution is -0.120. The van der Waals surface area contributed by atoms with E-state index in [-0.39, 0.29) is 23.7 Å². The third-order valence-corrected chi connectivity index (χ3v) is 2.51. The van der Waals surface area contributed by atoms with Crippen LogP contribution in [-0.2, 0) is 16.0 Å². The van der Waals surface area contributed by atoms with Gasteiger partial charge in [0.15, 0.2) is 0 Å². The fourth-order valence-corrected chi connectivity index (χ4v) is 1.49. The highest BCUT2D eigenvalue weighted by Gasteiger charge is 2.16. The molecule has 0 saturated heterocycles. The first kappa shape index (κ1) is 15.2. The summed E-state index contributed by atoms with van der Waals surface area (Å²) in [6.45, 7) is 3.63. The van der Waals surface area contributed by atoms with Crippen LogP contribution in [0.5, 0.6) is 0 Å². The van der Waals surface area contributed by atoms with Crippen LogP contribution in [0.2, 0.25) is 0 Å². The van der Waals surface area contributed by atoms with Crippen molar-refractivity contribution < 1.29 is 23.8 Å². The molecule has 0 unspecified atom stereocenters. The summed E-state index contributed by atoms with van der Waals surface area (Å²) in [7, 11) is 0. The Bertz CT molecular complexity index is 413. The topological polar surface area (TPSA) is 88.8 Å². The lowest BCUT2D eigenvalue weighted by Gasteiger charge is -2.05. The van der Waals surface area contributed by atoms with Crippen LogP contribution in [0, 0.1) is 0 Å². The van der Waals surface area contributed by atoms with Crippen molar-refractivity contribution in [2.45, 2.75) is 26.2 Å². The van der Waals surface area contributed by atoms with E-state index in [9.17, 15) is 9.59 Å². The van der Waals surface area contributed by atoms with Crippen LogP contribution in [0.15, 0.2) is 16.7 Å². The van der Waals surface area contributed by atoms with E-state index in [1.165, 1.54) is 12.3 Å². The van der Waals surface area contributed by atoms with Crippen LogP contribution in [0.3, 0.4) is 0 Å². The summed E-state index contributed by atoms with van der Waals surface area (Å²) < 4.78 is 10.3. The van der Waals surface area contributed by atoms with Gasteiger partial charge in [-0.3, -0.25) is 4.79 Å². The van der Waals surface area contributed by atoms with E-state index in [1.54, 1.807) is 0 Å². The second-order valence-corrected chi connectivity index (χ2v) is 4.06. The lowest BCUT2D eigenvalue weighted by Crippen LogP contribution is -2.29. The summed E-state index contributed by atoms with van der Waals surface area (Å²) in [6.07, 6.45) is 3.26. The molecule has 19 heavy (non-hydrogen) atoms. The Hall–Kier alpha value is -1.82. The summed E-state index contributed by atoms with van der Waals surface area (Å²) in [4.78, 5) is 22.4. The molecule has 0 fully saturated rings. The number of rotatable bonds is 9. The van der Waals surface area contributed by atoms with Crippen LogP contribution in [0.25, 0.3) is 0 Å². The molecule has 0 spiro atoms. The molecule has 1 rings (SSSR count). The van der Waals surface area contributed by atoms with Gasteiger partial charge in [0.2, 0.25) is 5.91 Å². The maximum Gasteiger partial charge on any atom is 0.339 e. The van der Waals surface area contributed by atoms with Crippen molar-refractivity contribution >= 4 is 11.9 Å². The smallest absolute Gasteiger partial charge is 0.339 e. The summed E-state index contributed by atoms with van der Waals surface area (Å²) >= 11 is 0. The number of hydrogen-bond acceptors (Lipinski definition) is 4. The van der Waals surface area contributed by atoms with Crippen molar-refractivity contribution in [3.63, 3.8) is 0 Å². The molecule has 0 aliphatic heterocycles. The minimum Gasteiger partial charge on any atom is -0.478 e. The molecule has 1 amide bonds. The lowest BCUT2D eigenvalue weighted by atomic mass is 10.2. The van der Waals surface area contributed by atoms with Gasteiger partial charge in [0.1, 0.15) is 11.3 Å². The molecule has 2 N–H and O–H groups in total. The zero-order valence-electron chi connectivity index (χ0n) is 11.0. The number of amides is 1. The molecule has 0 saturated carbocycles. The highest BCUT2D eigenvalue weighted by molar-refractivity contribution is 5.90. The van der Waals surface area contributed by atoms with E-state index in [2.05, 4.69) is 12.2 Å². The van der Waals surface area contributed by atoms with Crippen molar-refractivity contribution in [1.29, 1.82) is 0 Å². The molecule has 0 aromatic carbocycles. The fourth-order valence-electron chi connectivity index (χ4n) is 1.49. The van der Waals surface area contributed by atoms with Gasteiger partial charge in [0.25, 0.3) is 0 Å². The second-order valence-electron chi connectivity index (χ2n) is 4.06. The number of carbonyl (C=O) groups is 2. The highest BCUT2D eigenvalue weighted by atomic mass is 16.5. The number of furan rings is 1. The zero-order chi connectivity index (χ0) is 14.1. The van der Waals surface area contributed by atoms with E-state index in [4.69, 9.17) is 14.3 Å². The molecule has 6 nitrogen and oxygen atoms in total. The largest absolute Gasteiger partial charge is 0.478 e. The van der Waals surface area contributed by atoms with Gasteiger partial charge in [-0.05, 0) is 12.5 Å². The molecular formula is C13H19NO5. The summed E-state index contributed by atoms with van der Waals surface area (Å²) in [6, 6.07) is 1.33. The third kappa shape index (κ3) is 5.56. The van der Waals surface area contributed by atoms with Gasteiger partial charge in [0.05, 0.1) is 19.3 Å². The molecule has 106 valence electrons. The van der Waals surface area contributed by atoms with Gasteiger partial charge < -0.3 is 19.6 Å². The average Bonchev–Trinajstić information content (AvgIpc) is 2.81. The van der Waals surface area contributed by atoms with Crippen LogP contribution >= 0.6 is 0 Å². The SMILES string of the molecule is CCCCOCCNC(=O)Cc1occc1C(=O)O. The number of carbonyl (C=O) groups excluding carboxylic acids is 1. The normalized spacial score (nSPS) is 10.4. The number of hydrogen-bond donors (Lipinski definition) is 2. The first-order valence-electron chi connectivity index (χ1n) is 6.29. The van der Waals surface area contributed by atoms with Crippen molar-refractivity contribution in [1.82, 2.24) is 5.32 Å². The van der Waals surface area contributed by atoms with Gasteiger partial charge >= 0.3 is 5.97 Å². The Labute approximate surface area is 111 Å². The van der Waals surface area contributed by atoms with E-state index in [0.29, 0.717) is 19.8 Å². The van der Waals surface area contributed by atoms with Crippen molar-refractivity contribution in [3.8, 4) is 0 Å². The molecular weight excluding hydrogens is 250 g/mol. The Balaban J connectivity index is 2.24. The molecule has 0 bridgehead atoms. The van der Waals surface area contributed by atoms with Gasteiger partial charge in [-0.2, -0.15) is 0 Å². The predicted octanol–water partition coefficient (Wildman–Crippen LogP) is 1.45. The number of carboxylic acids is 1. The van der Waals surface area contributed by atoms with Crippen molar-refractivity contribution in [3.05, 3.63) is 23.7 Å². The number of carboxylic acid groups (broad SMARTS) is 1. The highest BCUT2D eigenvalue weighted by Crippen LogP contribution is 2.10. The van der Waals surface area contributed by atoms with Crippen molar-refractivity contribution in [2.75, 3.05) is 19.8 Å². The number of unbranched alkanes of at least 4 members (excludes halogenated alkanes) is 1.